The predicted octanol–water partition coefficient (Wildman–Crippen LogP) is 6.92. The quantitative estimate of drug-likeness (QED) is 0.138. The van der Waals surface area contributed by atoms with E-state index in [4.69, 9.17) is 44.3 Å². The zero-order chi connectivity index (χ0) is 20.4. The van der Waals surface area contributed by atoms with Gasteiger partial charge in [0.15, 0.2) is 0 Å². The van der Waals surface area contributed by atoms with Gasteiger partial charge < -0.3 is 9.47 Å². The molecular weight excluding hydrogens is 411 g/mol. The van der Waals surface area contributed by atoms with Crippen LogP contribution in [0.15, 0.2) is 0 Å². The maximum absolute atomic E-state index is 11.6. The molecule has 0 fully saturated rings. The molecule has 0 heterocycles. The Hall–Kier alpha value is -0.190. The molecule has 160 valence electrons. The Morgan fingerprint density at radius 2 is 1.11 bits per heavy atom. The molecule has 0 bridgehead atoms. The largest absolute Gasteiger partial charge is 0.466 e. The zero-order valence-corrected chi connectivity index (χ0v) is 18.8. The molecular formula is C20H35Cl3O4. The highest BCUT2D eigenvalue weighted by molar-refractivity contribution is 6.67. The molecule has 27 heavy (non-hydrogen) atoms. The molecule has 0 atom stereocenters. The predicted molar refractivity (Wildman–Crippen MR) is 113 cm³/mol. The molecule has 0 amide bonds. The Balaban J connectivity index is 3.34. The summed E-state index contributed by atoms with van der Waals surface area (Å²) < 4.78 is 8.42. The molecule has 0 aliphatic carbocycles. The lowest BCUT2D eigenvalue weighted by Gasteiger charge is -2.11. The standard InChI is InChI=1S/C20H35Cl3O4/c1-2-3-4-5-6-7-8-9-10-13-16-26-18(24)14-11-12-15-19(25)27-17-20(21,22)23/h2-17H2,1H3. The lowest BCUT2D eigenvalue weighted by Crippen LogP contribution is -2.17. The monoisotopic (exact) mass is 444 g/mol. The number of rotatable bonds is 17. The van der Waals surface area contributed by atoms with Gasteiger partial charge in [-0.15, -0.1) is 0 Å². The first-order valence-electron chi connectivity index (χ1n) is 10.2. The van der Waals surface area contributed by atoms with E-state index in [1.807, 2.05) is 0 Å². The minimum atomic E-state index is -1.59. The molecule has 0 spiro atoms. The summed E-state index contributed by atoms with van der Waals surface area (Å²) in [6, 6.07) is 0. The Morgan fingerprint density at radius 1 is 0.667 bits per heavy atom. The van der Waals surface area contributed by atoms with Crippen molar-refractivity contribution in [3.05, 3.63) is 0 Å². The molecule has 0 unspecified atom stereocenters. The van der Waals surface area contributed by atoms with Gasteiger partial charge in [-0.05, 0) is 19.3 Å². The van der Waals surface area contributed by atoms with Gasteiger partial charge in [-0.25, -0.2) is 0 Å². The summed E-state index contributed by atoms with van der Waals surface area (Å²) in [6.07, 6.45) is 14.2. The van der Waals surface area contributed by atoms with Gasteiger partial charge in [0.2, 0.25) is 3.79 Å². The number of hydrogen-bond donors (Lipinski definition) is 0. The Kier molecular flexibility index (Phi) is 17.8. The molecule has 0 N–H and O–H groups in total. The van der Waals surface area contributed by atoms with Crippen molar-refractivity contribution in [3.63, 3.8) is 0 Å². The van der Waals surface area contributed by atoms with E-state index < -0.39 is 9.76 Å². The van der Waals surface area contributed by atoms with Gasteiger partial charge in [0.1, 0.15) is 6.61 Å². The topological polar surface area (TPSA) is 52.6 Å². The number of carbonyl (C=O) groups excluding carboxylic acids is 2. The second-order valence-electron chi connectivity index (χ2n) is 6.89. The summed E-state index contributed by atoms with van der Waals surface area (Å²) in [5.41, 5.74) is 0. The second kappa shape index (κ2) is 17.9. The normalized spacial score (nSPS) is 11.4. The minimum Gasteiger partial charge on any atom is -0.466 e. The molecule has 0 aliphatic rings. The molecule has 7 heteroatoms. The Morgan fingerprint density at radius 3 is 1.59 bits per heavy atom. The maximum Gasteiger partial charge on any atom is 0.305 e. The van der Waals surface area contributed by atoms with Crippen molar-refractivity contribution in [3.8, 4) is 0 Å². The van der Waals surface area contributed by atoms with E-state index in [1.165, 1.54) is 51.4 Å². The molecule has 0 radical (unpaired) electrons. The van der Waals surface area contributed by atoms with Gasteiger partial charge in [0, 0.05) is 12.8 Å². The molecule has 4 nitrogen and oxygen atoms in total. The summed E-state index contributed by atoms with van der Waals surface area (Å²) in [4.78, 5) is 23.0. The van der Waals surface area contributed by atoms with Crippen molar-refractivity contribution >= 4 is 46.7 Å². The van der Waals surface area contributed by atoms with Crippen LogP contribution >= 0.6 is 34.8 Å². The smallest absolute Gasteiger partial charge is 0.305 e. The number of unbranched alkanes of at least 4 members (excludes halogenated alkanes) is 10. The first-order chi connectivity index (χ1) is 12.8. The summed E-state index contributed by atoms with van der Waals surface area (Å²) in [7, 11) is 0. The van der Waals surface area contributed by atoms with Gasteiger partial charge in [-0.1, -0.05) is 99.5 Å². The van der Waals surface area contributed by atoms with E-state index in [9.17, 15) is 9.59 Å². The fraction of sp³-hybridized carbons (Fsp3) is 0.900. The molecule has 0 aliphatic heterocycles. The van der Waals surface area contributed by atoms with Crippen LogP contribution in [0.4, 0.5) is 0 Å². The van der Waals surface area contributed by atoms with E-state index in [0.29, 0.717) is 25.9 Å². The average Bonchev–Trinajstić information content (AvgIpc) is 2.61. The van der Waals surface area contributed by atoms with Crippen LogP contribution in [0.25, 0.3) is 0 Å². The number of ether oxygens (including phenoxy) is 2. The van der Waals surface area contributed by atoms with E-state index in [-0.39, 0.29) is 19.0 Å². The fourth-order valence-corrected chi connectivity index (χ4v) is 2.78. The van der Waals surface area contributed by atoms with E-state index >= 15 is 0 Å². The van der Waals surface area contributed by atoms with Gasteiger partial charge in [-0.2, -0.15) is 0 Å². The van der Waals surface area contributed by atoms with Crippen LogP contribution in [-0.4, -0.2) is 28.9 Å². The first-order valence-corrected chi connectivity index (χ1v) is 11.4. The molecule has 0 aromatic heterocycles. The van der Waals surface area contributed by atoms with E-state index in [1.54, 1.807) is 0 Å². The van der Waals surface area contributed by atoms with Crippen LogP contribution in [-0.2, 0) is 19.1 Å². The van der Waals surface area contributed by atoms with Crippen LogP contribution in [0, 0.1) is 0 Å². The summed E-state index contributed by atoms with van der Waals surface area (Å²) >= 11 is 16.5. The van der Waals surface area contributed by atoms with Crippen LogP contribution in [0.5, 0.6) is 0 Å². The van der Waals surface area contributed by atoms with Crippen molar-refractivity contribution in [1.82, 2.24) is 0 Å². The summed E-state index contributed by atoms with van der Waals surface area (Å²) in [6.45, 7) is 2.46. The van der Waals surface area contributed by atoms with Crippen LogP contribution < -0.4 is 0 Å². The first kappa shape index (κ1) is 26.8. The SMILES string of the molecule is CCCCCCCCCCCCOC(=O)CCCCC(=O)OCC(Cl)(Cl)Cl. The van der Waals surface area contributed by atoms with Gasteiger partial charge in [0.25, 0.3) is 0 Å². The van der Waals surface area contributed by atoms with Crippen molar-refractivity contribution in [1.29, 1.82) is 0 Å². The molecule has 0 saturated carbocycles. The molecule has 0 rings (SSSR count). The van der Waals surface area contributed by atoms with Gasteiger partial charge in [-0.3, -0.25) is 9.59 Å². The fourth-order valence-electron chi connectivity index (χ4n) is 2.62. The Bertz CT molecular complexity index is 384. The molecule has 0 aromatic rings. The zero-order valence-electron chi connectivity index (χ0n) is 16.6. The molecule has 0 saturated heterocycles. The number of carbonyl (C=O) groups is 2. The highest BCUT2D eigenvalue weighted by atomic mass is 35.6. The van der Waals surface area contributed by atoms with Crippen LogP contribution in [0.1, 0.15) is 96.8 Å². The third-order valence-corrected chi connectivity index (χ3v) is 4.50. The van der Waals surface area contributed by atoms with E-state index in [0.717, 1.165) is 12.8 Å². The van der Waals surface area contributed by atoms with Crippen molar-refractivity contribution in [2.45, 2.75) is 101 Å². The molecule has 0 aromatic carbocycles. The average molecular weight is 446 g/mol. The van der Waals surface area contributed by atoms with Crippen LogP contribution in [0.3, 0.4) is 0 Å². The summed E-state index contributed by atoms with van der Waals surface area (Å²) in [5.74, 6) is -0.638. The lowest BCUT2D eigenvalue weighted by molar-refractivity contribution is -0.145. The van der Waals surface area contributed by atoms with Crippen molar-refractivity contribution in [2.24, 2.45) is 0 Å². The third kappa shape index (κ3) is 22.0. The number of hydrogen-bond acceptors (Lipinski definition) is 4. The van der Waals surface area contributed by atoms with Gasteiger partial charge in [0.05, 0.1) is 6.61 Å². The van der Waals surface area contributed by atoms with Crippen molar-refractivity contribution < 1.29 is 19.1 Å². The van der Waals surface area contributed by atoms with Gasteiger partial charge >= 0.3 is 11.9 Å². The summed E-state index contributed by atoms with van der Waals surface area (Å²) in [5, 5.41) is 0. The number of esters is 2. The number of alkyl halides is 3. The van der Waals surface area contributed by atoms with Crippen molar-refractivity contribution in [2.75, 3.05) is 13.2 Å². The van der Waals surface area contributed by atoms with E-state index in [2.05, 4.69) is 6.92 Å². The highest BCUT2D eigenvalue weighted by Gasteiger charge is 2.21. The minimum absolute atomic E-state index is 0.201. The number of halogens is 3. The third-order valence-electron chi connectivity index (χ3n) is 4.17. The lowest BCUT2D eigenvalue weighted by atomic mass is 10.1. The Labute approximate surface area is 179 Å². The highest BCUT2D eigenvalue weighted by Crippen LogP contribution is 2.26. The second-order valence-corrected chi connectivity index (χ2v) is 9.40. The maximum atomic E-state index is 11.6. The van der Waals surface area contributed by atoms with Crippen LogP contribution in [0.2, 0.25) is 0 Å².